The van der Waals surface area contributed by atoms with Gasteiger partial charge in [0.2, 0.25) is 5.91 Å². The summed E-state index contributed by atoms with van der Waals surface area (Å²) < 4.78 is 5.40. The van der Waals surface area contributed by atoms with Gasteiger partial charge in [0, 0.05) is 42.4 Å². The molecule has 1 amide bonds. The summed E-state index contributed by atoms with van der Waals surface area (Å²) in [6, 6.07) is 7.90. The van der Waals surface area contributed by atoms with Crippen LogP contribution in [0.2, 0.25) is 0 Å². The zero-order valence-electron chi connectivity index (χ0n) is 19.8. The van der Waals surface area contributed by atoms with Gasteiger partial charge in [-0.1, -0.05) is 33.8 Å². The first-order valence-electron chi connectivity index (χ1n) is 11.4. The number of rotatable bonds is 11. The topological polar surface area (TPSA) is 63.4 Å². The molecule has 0 saturated carbocycles. The Morgan fingerprint density at radius 3 is 2.44 bits per heavy atom. The molecule has 0 bridgehead atoms. The van der Waals surface area contributed by atoms with Crippen molar-refractivity contribution in [1.82, 2.24) is 9.88 Å². The minimum absolute atomic E-state index is 0.00680. The molecule has 0 saturated heterocycles. The molecule has 0 N–H and O–H groups in total. The molecule has 3 rings (SSSR count). The molecule has 2 aromatic heterocycles. The van der Waals surface area contributed by atoms with E-state index >= 15 is 0 Å². The van der Waals surface area contributed by atoms with Crippen molar-refractivity contribution >= 4 is 34.0 Å². The molecule has 6 heteroatoms. The number of aryl methyl sites for hydroxylation is 2. The number of carbonyl (C=O) groups is 2. The molecular weight excluding hydrogens is 420 g/mol. The predicted octanol–water partition coefficient (Wildman–Crippen LogP) is 5.70. The zero-order chi connectivity index (χ0) is 23.3. The van der Waals surface area contributed by atoms with E-state index < -0.39 is 5.92 Å². The second-order valence-corrected chi connectivity index (χ2v) is 10.4. The van der Waals surface area contributed by atoms with E-state index in [0.29, 0.717) is 44.2 Å². The van der Waals surface area contributed by atoms with Crippen molar-refractivity contribution in [3.63, 3.8) is 0 Å². The van der Waals surface area contributed by atoms with Crippen molar-refractivity contribution in [2.45, 2.75) is 53.9 Å². The molecule has 0 aliphatic heterocycles. The first kappa shape index (κ1) is 24.2. The average molecular weight is 455 g/mol. The minimum atomic E-state index is -0.685. The number of fused-ring (bicyclic) bond motifs is 1. The van der Waals surface area contributed by atoms with Crippen molar-refractivity contribution in [1.29, 1.82) is 0 Å². The Morgan fingerprint density at radius 1 is 1.09 bits per heavy atom. The highest BCUT2D eigenvalue weighted by Crippen LogP contribution is 2.22. The summed E-state index contributed by atoms with van der Waals surface area (Å²) in [5, 5.41) is 3.85. The Morgan fingerprint density at radius 2 is 1.81 bits per heavy atom. The monoisotopic (exact) mass is 454 g/mol. The van der Waals surface area contributed by atoms with Crippen LogP contribution in [0.5, 0.6) is 0 Å². The van der Waals surface area contributed by atoms with Gasteiger partial charge in [-0.05, 0) is 48.9 Å². The van der Waals surface area contributed by atoms with Gasteiger partial charge in [-0.15, -0.1) is 11.3 Å². The fourth-order valence-corrected chi connectivity index (χ4v) is 4.80. The number of amides is 1. The number of aromatic nitrogens is 1. The van der Waals surface area contributed by atoms with Crippen molar-refractivity contribution in [3.8, 4) is 0 Å². The van der Waals surface area contributed by atoms with Gasteiger partial charge in [0.1, 0.15) is 17.3 Å². The molecular formula is C26H34N2O3S. The van der Waals surface area contributed by atoms with Crippen LogP contribution >= 0.6 is 11.3 Å². The van der Waals surface area contributed by atoms with Crippen molar-refractivity contribution in [2.75, 3.05) is 13.1 Å². The van der Waals surface area contributed by atoms with Crippen molar-refractivity contribution in [3.05, 3.63) is 52.2 Å². The van der Waals surface area contributed by atoms with E-state index in [0.717, 1.165) is 27.2 Å². The molecule has 0 aliphatic rings. The number of hydrogen-bond acceptors (Lipinski definition) is 5. The Balaban J connectivity index is 1.77. The second-order valence-electron chi connectivity index (χ2n) is 9.43. The Kier molecular flexibility index (Phi) is 8.24. The Bertz CT molecular complexity index is 1040. The van der Waals surface area contributed by atoms with Gasteiger partial charge in [0.15, 0.2) is 0 Å². The molecule has 172 valence electrons. The van der Waals surface area contributed by atoms with Crippen LogP contribution in [-0.2, 0) is 22.4 Å². The number of furan rings is 1. The van der Waals surface area contributed by atoms with Gasteiger partial charge in [-0.2, -0.15) is 0 Å². The van der Waals surface area contributed by atoms with Gasteiger partial charge in [0.05, 0.1) is 11.3 Å². The van der Waals surface area contributed by atoms with Gasteiger partial charge in [0.25, 0.3) is 0 Å². The molecule has 0 radical (unpaired) electrons. The zero-order valence-corrected chi connectivity index (χ0v) is 20.6. The maximum absolute atomic E-state index is 13.6. The molecule has 2 heterocycles. The lowest BCUT2D eigenvalue weighted by Gasteiger charge is -2.29. The highest BCUT2D eigenvalue weighted by atomic mass is 32.1. The lowest BCUT2D eigenvalue weighted by molar-refractivity contribution is -0.142. The first-order valence-corrected chi connectivity index (χ1v) is 12.3. The average Bonchev–Trinajstić information content (AvgIpc) is 3.36. The summed E-state index contributed by atoms with van der Waals surface area (Å²) in [5.74, 6) is -0.0617. The standard InChI is InChI=1S/C26H34N2O3S/c1-17(2)14-28(15-18(3)4)26(30)22(13-25-27-19(5)16-32-25)23(29)8-6-20-7-9-24-21(12-20)10-11-31-24/h7,9-12,16-18,22H,6,8,13-15H2,1-5H3. The van der Waals surface area contributed by atoms with Crippen LogP contribution in [0, 0.1) is 24.7 Å². The maximum Gasteiger partial charge on any atom is 0.233 e. The third-order valence-electron chi connectivity index (χ3n) is 5.39. The van der Waals surface area contributed by atoms with Crippen molar-refractivity contribution < 1.29 is 14.0 Å². The summed E-state index contributed by atoms with van der Waals surface area (Å²) in [6.45, 7) is 11.7. The quantitative estimate of drug-likeness (QED) is 0.349. The number of carbonyl (C=O) groups excluding carboxylic acids is 2. The molecule has 0 spiro atoms. The van der Waals surface area contributed by atoms with Crippen LogP contribution < -0.4 is 0 Å². The lowest BCUT2D eigenvalue weighted by Crippen LogP contribution is -2.44. The number of thiazole rings is 1. The number of hydrogen-bond donors (Lipinski definition) is 0. The molecule has 1 aromatic carbocycles. The first-order chi connectivity index (χ1) is 15.2. The van der Waals surface area contributed by atoms with Gasteiger partial charge < -0.3 is 9.32 Å². The predicted molar refractivity (Wildman–Crippen MR) is 130 cm³/mol. The van der Waals surface area contributed by atoms with Gasteiger partial charge >= 0.3 is 0 Å². The molecule has 3 aromatic rings. The summed E-state index contributed by atoms with van der Waals surface area (Å²) in [6.07, 6.45) is 2.99. The second kappa shape index (κ2) is 10.9. The molecule has 1 unspecified atom stereocenters. The van der Waals surface area contributed by atoms with Crippen LogP contribution in [0.1, 0.15) is 50.4 Å². The lowest BCUT2D eigenvalue weighted by atomic mass is 9.93. The van der Waals surface area contributed by atoms with Gasteiger partial charge in [-0.3, -0.25) is 9.59 Å². The van der Waals surface area contributed by atoms with E-state index in [1.165, 1.54) is 11.3 Å². The molecule has 32 heavy (non-hydrogen) atoms. The number of benzene rings is 1. The van der Waals surface area contributed by atoms with Crippen LogP contribution in [0.4, 0.5) is 0 Å². The SMILES string of the molecule is Cc1csc(CC(C(=O)CCc2ccc3occc3c2)C(=O)N(CC(C)C)CC(C)C)n1. The minimum Gasteiger partial charge on any atom is -0.464 e. The normalized spacial score (nSPS) is 12.6. The number of nitrogens with zero attached hydrogens (tertiary/aromatic N) is 2. The van der Waals surface area contributed by atoms with E-state index in [4.69, 9.17) is 4.42 Å². The summed E-state index contributed by atoms with van der Waals surface area (Å²) in [7, 11) is 0. The van der Waals surface area contributed by atoms with Gasteiger partial charge in [-0.25, -0.2) is 4.98 Å². The third kappa shape index (κ3) is 6.52. The molecule has 5 nitrogen and oxygen atoms in total. The Hall–Kier alpha value is -2.47. The van der Waals surface area contributed by atoms with Crippen molar-refractivity contribution in [2.24, 2.45) is 17.8 Å². The van der Waals surface area contributed by atoms with Crippen LogP contribution in [0.25, 0.3) is 11.0 Å². The Labute approximate surface area is 194 Å². The molecule has 1 atom stereocenters. The smallest absolute Gasteiger partial charge is 0.233 e. The van der Waals surface area contributed by atoms with Crippen LogP contribution in [0.3, 0.4) is 0 Å². The third-order valence-corrected chi connectivity index (χ3v) is 6.38. The number of ketones is 1. The van der Waals surface area contributed by atoms with Crippen LogP contribution in [0.15, 0.2) is 40.3 Å². The van der Waals surface area contributed by atoms with E-state index in [1.54, 1.807) is 6.26 Å². The highest BCUT2D eigenvalue weighted by molar-refractivity contribution is 7.09. The van der Waals surface area contributed by atoms with E-state index in [1.807, 2.05) is 35.4 Å². The van der Waals surface area contributed by atoms with E-state index in [-0.39, 0.29) is 11.7 Å². The molecule has 0 fully saturated rings. The fourth-order valence-electron chi connectivity index (χ4n) is 3.98. The largest absolute Gasteiger partial charge is 0.464 e. The van der Waals surface area contributed by atoms with E-state index in [2.05, 4.69) is 38.7 Å². The summed E-state index contributed by atoms with van der Waals surface area (Å²) >= 11 is 1.52. The molecule has 0 aliphatic carbocycles. The number of Topliss-reactive ketones (excluding diaryl/α,β-unsaturated/α-hetero) is 1. The van der Waals surface area contributed by atoms with E-state index in [9.17, 15) is 9.59 Å². The van der Waals surface area contributed by atoms with Crippen LogP contribution in [-0.4, -0.2) is 34.7 Å². The fraction of sp³-hybridized carbons (Fsp3) is 0.500. The summed E-state index contributed by atoms with van der Waals surface area (Å²) in [4.78, 5) is 33.4. The summed E-state index contributed by atoms with van der Waals surface area (Å²) in [5.41, 5.74) is 2.84. The maximum atomic E-state index is 13.6. The highest BCUT2D eigenvalue weighted by Gasteiger charge is 2.32.